The minimum atomic E-state index is -3.77. The highest BCUT2D eigenvalue weighted by molar-refractivity contribution is 7.92. The van der Waals surface area contributed by atoms with Gasteiger partial charge in [-0.25, -0.2) is 13.2 Å². The Kier molecular flexibility index (Phi) is 7.28. The van der Waals surface area contributed by atoms with E-state index in [1.165, 1.54) is 40.4 Å². The molecular weight excluding hydrogens is 412 g/mol. The van der Waals surface area contributed by atoms with Gasteiger partial charge in [-0.05, 0) is 19.1 Å². The number of nitrogens with one attached hydrogen (secondary N) is 1. The Morgan fingerprint density at radius 2 is 1.57 bits per heavy atom. The molecule has 30 heavy (non-hydrogen) atoms. The van der Waals surface area contributed by atoms with Crippen LogP contribution < -0.4 is 19.1 Å². The zero-order valence-corrected chi connectivity index (χ0v) is 18.1. The standard InChI is InChI=1S/C20H24N2O7S/c1-13(22(30(5,25)26)14-9-7-6-8-10-14)19(23)21-16-12-18(28-3)17(27-2)11-15(16)20(24)29-4/h6-13H,1-5H3,(H,21,23)/t13-/m0/s1. The number of anilines is 2. The average molecular weight is 436 g/mol. The molecule has 0 heterocycles. The summed E-state index contributed by atoms with van der Waals surface area (Å²) < 4.78 is 40.9. The van der Waals surface area contributed by atoms with Gasteiger partial charge >= 0.3 is 5.97 Å². The van der Waals surface area contributed by atoms with Crippen LogP contribution in [-0.4, -0.2) is 53.9 Å². The van der Waals surface area contributed by atoms with Crippen LogP contribution in [0.5, 0.6) is 11.5 Å². The molecule has 1 amide bonds. The van der Waals surface area contributed by atoms with Crippen molar-refractivity contribution in [2.75, 3.05) is 37.2 Å². The number of sulfonamides is 1. The Morgan fingerprint density at radius 3 is 2.07 bits per heavy atom. The summed E-state index contributed by atoms with van der Waals surface area (Å²) in [7, 11) is 0.243. The first-order valence-electron chi connectivity index (χ1n) is 8.83. The number of nitrogens with zero attached hydrogens (tertiary/aromatic N) is 1. The van der Waals surface area contributed by atoms with Gasteiger partial charge in [-0.3, -0.25) is 9.10 Å². The summed E-state index contributed by atoms with van der Waals surface area (Å²) in [6.07, 6.45) is 1.01. The largest absolute Gasteiger partial charge is 0.493 e. The Bertz CT molecular complexity index is 1020. The Labute approximate surface area is 175 Å². The van der Waals surface area contributed by atoms with E-state index < -0.39 is 27.9 Å². The average Bonchev–Trinajstić information content (AvgIpc) is 2.72. The number of amides is 1. The van der Waals surface area contributed by atoms with E-state index in [1.807, 2.05) is 0 Å². The van der Waals surface area contributed by atoms with Crippen LogP contribution in [0.1, 0.15) is 17.3 Å². The first-order chi connectivity index (χ1) is 14.1. The summed E-state index contributed by atoms with van der Waals surface area (Å²) in [5.74, 6) is -0.814. The van der Waals surface area contributed by atoms with Crippen LogP contribution in [-0.2, 0) is 19.6 Å². The van der Waals surface area contributed by atoms with Crippen molar-refractivity contribution in [3.8, 4) is 11.5 Å². The van der Waals surface area contributed by atoms with Gasteiger partial charge in [0.25, 0.3) is 0 Å². The number of rotatable bonds is 8. The molecule has 10 heteroatoms. The SMILES string of the molecule is COC(=O)c1cc(OC)c(OC)cc1NC(=O)[C@H](C)N(c1ccccc1)S(C)(=O)=O. The van der Waals surface area contributed by atoms with Crippen molar-refractivity contribution in [1.82, 2.24) is 0 Å². The van der Waals surface area contributed by atoms with Gasteiger partial charge in [0.05, 0.1) is 44.5 Å². The summed E-state index contributed by atoms with van der Waals surface area (Å²) in [5.41, 5.74) is 0.460. The summed E-state index contributed by atoms with van der Waals surface area (Å²) in [5, 5.41) is 2.59. The van der Waals surface area contributed by atoms with Crippen LogP contribution in [0.4, 0.5) is 11.4 Å². The van der Waals surface area contributed by atoms with Crippen molar-refractivity contribution in [2.45, 2.75) is 13.0 Å². The van der Waals surface area contributed by atoms with Crippen LogP contribution in [0.2, 0.25) is 0 Å². The number of esters is 1. The lowest BCUT2D eigenvalue weighted by Gasteiger charge is -2.28. The summed E-state index contributed by atoms with van der Waals surface area (Å²) in [6.45, 7) is 1.45. The van der Waals surface area contributed by atoms with Gasteiger partial charge in [0.15, 0.2) is 11.5 Å². The van der Waals surface area contributed by atoms with Crippen LogP contribution in [0.3, 0.4) is 0 Å². The van der Waals surface area contributed by atoms with Crippen LogP contribution in [0.25, 0.3) is 0 Å². The van der Waals surface area contributed by atoms with Gasteiger partial charge in [-0.1, -0.05) is 18.2 Å². The molecule has 0 aromatic heterocycles. The van der Waals surface area contributed by atoms with Crippen LogP contribution >= 0.6 is 0 Å². The topological polar surface area (TPSA) is 111 Å². The second-order valence-corrected chi connectivity index (χ2v) is 8.16. The van der Waals surface area contributed by atoms with E-state index in [2.05, 4.69) is 5.32 Å². The van der Waals surface area contributed by atoms with Crippen LogP contribution in [0, 0.1) is 0 Å². The molecule has 0 saturated heterocycles. The fraction of sp³-hybridized carbons (Fsp3) is 0.300. The third kappa shape index (κ3) is 5.01. The Hall–Kier alpha value is -3.27. The first kappa shape index (κ1) is 23.0. The van der Waals surface area contributed by atoms with Gasteiger partial charge in [0.1, 0.15) is 6.04 Å². The molecule has 0 spiro atoms. The third-order valence-electron chi connectivity index (χ3n) is 4.29. The molecule has 0 bridgehead atoms. The quantitative estimate of drug-likeness (QED) is 0.632. The summed E-state index contributed by atoms with van der Waals surface area (Å²) >= 11 is 0. The maximum absolute atomic E-state index is 12.9. The molecule has 0 aliphatic carbocycles. The lowest BCUT2D eigenvalue weighted by molar-refractivity contribution is -0.116. The smallest absolute Gasteiger partial charge is 0.340 e. The van der Waals surface area contributed by atoms with Gasteiger partial charge in [0.2, 0.25) is 15.9 Å². The number of para-hydroxylation sites is 1. The Morgan fingerprint density at radius 1 is 1.00 bits per heavy atom. The van der Waals surface area contributed by atoms with Gasteiger partial charge in [-0.2, -0.15) is 0 Å². The highest BCUT2D eigenvalue weighted by Crippen LogP contribution is 2.34. The van der Waals surface area contributed by atoms with Crippen molar-refractivity contribution in [3.63, 3.8) is 0 Å². The highest BCUT2D eigenvalue weighted by Gasteiger charge is 2.30. The maximum Gasteiger partial charge on any atom is 0.340 e. The molecule has 2 aromatic carbocycles. The van der Waals surface area contributed by atoms with E-state index in [0.717, 1.165) is 10.6 Å². The summed E-state index contributed by atoms with van der Waals surface area (Å²) in [4.78, 5) is 25.1. The van der Waals surface area contributed by atoms with E-state index in [1.54, 1.807) is 30.3 Å². The molecule has 162 valence electrons. The maximum atomic E-state index is 12.9. The molecule has 0 saturated carbocycles. The summed E-state index contributed by atoms with van der Waals surface area (Å²) in [6, 6.07) is 9.91. The molecule has 0 unspecified atom stereocenters. The van der Waals surface area contributed by atoms with E-state index in [4.69, 9.17) is 14.2 Å². The number of carbonyl (C=O) groups excluding carboxylic acids is 2. The number of carbonyl (C=O) groups is 2. The first-order valence-corrected chi connectivity index (χ1v) is 10.7. The predicted octanol–water partition coefficient (Wildman–Crippen LogP) is 2.28. The monoisotopic (exact) mass is 436 g/mol. The minimum Gasteiger partial charge on any atom is -0.493 e. The lowest BCUT2D eigenvalue weighted by Crippen LogP contribution is -2.45. The number of hydrogen-bond donors (Lipinski definition) is 1. The molecular formula is C20H24N2O7S. The fourth-order valence-corrected chi connectivity index (χ4v) is 4.06. The number of methoxy groups -OCH3 is 3. The van der Waals surface area contributed by atoms with Crippen molar-refractivity contribution in [2.24, 2.45) is 0 Å². The molecule has 1 atom stereocenters. The molecule has 1 N–H and O–H groups in total. The zero-order valence-electron chi connectivity index (χ0n) is 17.3. The molecule has 9 nitrogen and oxygen atoms in total. The highest BCUT2D eigenvalue weighted by atomic mass is 32.2. The minimum absolute atomic E-state index is 0.0290. The number of hydrogen-bond acceptors (Lipinski definition) is 7. The molecule has 0 aliphatic rings. The van der Waals surface area contributed by atoms with Crippen LogP contribution in [0.15, 0.2) is 42.5 Å². The third-order valence-corrected chi connectivity index (χ3v) is 5.53. The lowest BCUT2D eigenvalue weighted by atomic mass is 10.1. The van der Waals surface area contributed by atoms with E-state index in [0.29, 0.717) is 5.69 Å². The van der Waals surface area contributed by atoms with Gasteiger partial charge < -0.3 is 19.5 Å². The molecule has 0 fully saturated rings. The number of benzene rings is 2. The second kappa shape index (κ2) is 9.49. The van der Waals surface area contributed by atoms with Crippen molar-refractivity contribution < 1.29 is 32.2 Å². The van der Waals surface area contributed by atoms with Crippen molar-refractivity contribution in [3.05, 3.63) is 48.0 Å². The predicted molar refractivity (Wildman–Crippen MR) is 113 cm³/mol. The molecule has 0 aliphatic heterocycles. The van der Waals surface area contributed by atoms with Crippen molar-refractivity contribution in [1.29, 1.82) is 0 Å². The number of ether oxygens (including phenoxy) is 3. The van der Waals surface area contributed by atoms with Crippen molar-refractivity contribution >= 4 is 33.3 Å². The van der Waals surface area contributed by atoms with E-state index in [-0.39, 0.29) is 22.7 Å². The Balaban J connectivity index is 2.45. The molecule has 0 radical (unpaired) electrons. The second-order valence-electron chi connectivity index (χ2n) is 6.30. The van der Waals surface area contributed by atoms with E-state index >= 15 is 0 Å². The molecule has 2 aromatic rings. The van der Waals surface area contributed by atoms with Gasteiger partial charge in [-0.15, -0.1) is 0 Å². The fourth-order valence-electron chi connectivity index (χ4n) is 2.88. The van der Waals surface area contributed by atoms with Gasteiger partial charge in [0, 0.05) is 12.1 Å². The van der Waals surface area contributed by atoms with E-state index in [9.17, 15) is 18.0 Å². The zero-order chi connectivity index (χ0) is 22.5. The normalized spacial score (nSPS) is 11.9. The molecule has 2 rings (SSSR count).